The molecule has 144 valence electrons. The fraction of sp³-hybridized carbons (Fsp3) is 0.368. The second-order valence-corrected chi connectivity index (χ2v) is 8.81. The van der Waals surface area contributed by atoms with Crippen LogP contribution in [0.4, 0.5) is 10.1 Å². The van der Waals surface area contributed by atoms with Gasteiger partial charge >= 0.3 is 0 Å². The Bertz CT molecular complexity index is 916. The molecule has 1 saturated heterocycles. The first-order chi connectivity index (χ1) is 12.9. The molecular weight excluding hydrogens is 369 g/mol. The fourth-order valence-corrected chi connectivity index (χ4v) is 5.00. The van der Waals surface area contributed by atoms with E-state index in [1.807, 2.05) is 11.8 Å². The normalized spacial score (nSPS) is 18.2. The van der Waals surface area contributed by atoms with E-state index >= 15 is 0 Å². The van der Waals surface area contributed by atoms with Crippen LogP contribution in [0.15, 0.2) is 42.7 Å². The molecule has 1 fully saturated rings. The molecule has 3 rings (SSSR count). The van der Waals surface area contributed by atoms with Crippen molar-refractivity contribution in [2.75, 3.05) is 23.0 Å². The summed E-state index contributed by atoms with van der Waals surface area (Å²) >= 11 is 0. The van der Waals surface area contributed by atoms with E-state index in [2.05, 4.69) is 10.3 Å². The lowest BCUT2D eigenvalue weighted by Crippen LogP contribution is -2.36. The molecule has 8 heteroatoms. The van der Waals surface area contributed by atoms with Crippen LogP contribution in [0.2, 0.25) is 0 Å². The number of carbonyl (C=O) groups is 1. The van der Waals surface area contributed by atoms with Crippen LogP contribution in [0.3, 0.4) is 0 Å². The quantitative estimate of drug-likeness (QED) is 0.816. The highest BCUT2D eigenvalue weighted by atomic mass is 32.2. The van der Waals surface area contributed by atoms with Crippen molar-refractivity contribution in [1.29, 1.82) is 0 Å². The molecule has 2 aromatic rings. The van der Waals surface area contributed by atoms with Crippen LogP contribution in [-0.4, -0.2) is 43.4 Å². The molecule has 1 aliphatic heterocycles. The van der Waals surface area contributed by atoms with Gasteiger partial charge in [-0.2, -0.15) is 0 Å². The van der Waals surface area contributed by atoms with Gasteiger partial charge in [0.1, 0.15) is 5.82 Å². The average Bonchev–Trinajstić information content (AvgIpc) is 3.01. The van der Waals surface area contributed by atoms with Gasteiger partial charge in [0.15, 0.2) is 9.84 Å². The number of rotatable bonds is 6. The molecule has 1 N–H and O–H groups in total. The number of carbonyl (C=O) groups excluding carboxylic acids is 1. The molecular formula is C19H22FN3O3S. The van der Waals surface area contributed by atoms with Gasteiger partial charge in [0.05, 0.1) is 29.0 Å². The average molecular weight is 391 g/mol. The number of amides is 1. The van der Waals surface area contributed by atoms with Crippen LogP contribution in [0.25, 0.3) is 0 Å². The van der Waals surface area contributed by atoms with E-state index in [1.54, 1.807) is 24.4 Å². The molecule has 27 heavy (non-hydrogen) atoms. The zero-order chi connectivity index (χ0) is 19.4. The van der Waals surface area contributed by atoms with E-state index in [0.29, 0.717) is 18.5 Å². The van der Waals surface area contributed by atoms with Crippen molar-refractivity contribution in [3.8, 4) is 0 Å². The zero-order valence-electron chi connectivity index (χ0n) is 15.1. The van der Waals surface area contributed by atoms with Crippen LogP contribution < -0.4 is 10.2 Å². The first-order valence-electron chi connectivity index (χ1n) is 8.82. The number of hydrogen-bond acceptors (Lipinski definition) is 5. The Labute approximate surface area is 158 Å². The van der Waals surface area contributed by atoms with Gasteiger partial charge in [0.25, 0.3) is 5.91 Å². The lowest BCUT2D eigenvalue weighted by molar-refractivity contribution is 0.0950. The number of sulfone groups is 1. The van der Waals surface area contributed by atoms with E-state index in [-0.39, 0.29) is 35.8 Å². The predicted molar refractivity (Wildman–Crippen MR) is 102 cm³/mol. The Morgan fingerprint density at radius 3 is 2.67 bits per heavy atom. The smallest absolute Gasteiger partial charge is 0.253 e. The molecule has 1 aromatic carbocycles. The molecule has 0 spiro atoms. The number of benzene rings is 1. The van der Waals surface area contributed by atoms with E-state index in [4.69, 9.17) is 0 Å². The van der Waals surface area contributed by atoms with Crippen molar-refractivity contribution in [2.45, 2.75) is 25.9 Å². The summed E-state index contributed by atoms with van der Waals surface area (Å²) < 4.78 is 36.5. The summed E-state index contributed by atoms with van der Waals surface area (Å²) in [6.07, 6.45) is 3.70. The van der Waals surface area contributed by atoms with Gasteiger partial charge in [-0.3, -0.25) is 9.78 Å². The van der Waals surface area contributed by atoms with Crippen molar-refractivity contribution in [1.82, 2.24) is 10.3 Å². The lowest BCUT2D eigenvalue weighted by atomic mass is 10.1. The Balaban J connectivity index is 1.70. The third kappa shape index (κ3) is 4.82. The van der Waals surface area contributed by atoms with Crippen molar-refractivity contribution in [2.24, 2.45) is 0 Å². The first-order valence-corrected chi connectivity index (χ1v) is 10.6. The molecule has 1 aromatic heterocycles. The number of nitrogens with zero attached hydrogens (tertiary/aromatic N) is 2. The summed E-state index contributed by atoms with van der Waals surface area (Å²) in [4.78, 5) is 18.6. The number of aromatic nitrogens is 1. The van der Waals surface area contributed by atoms with Gasteiger partial charge in [-0.05, 0) is 37.1 Å². The maximum absolute atomic E-state index is 12.9. The summed E-state index contributed by atoms with van der Waals surface area (Å²) in [6.45, 7) is 2.86. The van der Waals surface area contributed by atoms with Crippen molar-refractivity contribution in [3.05, 3.63) is 59.7 Å². The Hall–Kier alpha value is -2.48. The fourth-order valence-electron chi connectivity index (χ4n) is 3.27. The largest absolute Gasteiger partial charge is 0.367 e. The minimum Gasteiger partial charge on any atom is -0.367 e. The van der Waals surface area contributed by atoms with Gasteiger partial charge in [-0.1, -0.05) is 12.1 Å². The molecule has 0 saturated carbocycles. The summed E-state index contributed by atoms with van der Waals surface area (Å²) in [5.41, 5.74) is 1.92. The maximum atomic E-state index is 12.9. The minimum absolute atomic E-state index is 0.0978. The SMILES string of the molecule is CCN(c1cncc(C(=O)NCc2ccc(F)cc2)c1)C1CCS(=O)(=O)C1. The summed E-state index contributed by atoms with van der Waals surface area (Å²) in [7, 11) is -3.00. The van der Waals surface area contributed by atoms with Crippen molar-refractivity contribution >= 4 is 21.4 Å². The van der Waals surface area contributed by atoms with Crippen molar-refractivity contribution in [3.63, 3.8) is 0 Å². The molecule has 0 aliphatic carbocycles. The van der Waals surface area contributed by atoms with Crippen LogP contribution >= 0.6 is 0 Å². The van der Waals surface area contributed by atoms with E-state index in [9.17, 15) is 17.6 Å². The number of pyridine rings is 1. The Morgan fingerprint density at radius 1 is 1.30 bits per heavy atom. The van der Waals surface area contributed by atoms with Crippen molar-refractivity contribution < 1.29 is 17.6 Å². The van der Waals surface area contributed by atoms with Crippen LogP contribution in [0.5, 0.6) is 0 Å². The van der Waals surface area contributed by atoms with Crippen LogP contribution in [0.1, 0.15) is 29.3 Å². The molecule has 0 bridgehead atoms. The van der Waals surface area contributed by atoms with Crippen LogP contribution in [0, 0.1) is 5.82 Å². The molecule has 1 aliphatic rings. The van der Waals surface area contributed by atoms with E-state index in [0.717, 1.165) is 11.3 Å². The molecule has 1 atom stereocenters. The molecule has 1 unspecified atom stereocenters. The summed E-state index contributed by atoms with van der Waals surface area (Å²) in [6, 6.07) is 7.55. The number of hydrogen-bond donors (Lipinski definition) is 1. The predicted octanol–water partition coefficient (Wildman–Crippen LogP) is 2.16. The highest BCUT2D eigenvalue weighted by Crippen LogP contribution is 2.24. The van der Waals surface area contributed by atoms with Gasteiger partial charge in [0, 0.05) is 25.3 Å². The number of anilines is 1. The second kappa shape index (κ2) is 8.04. The van der Waals surface area contributed by atoms with Gasteiger partial charge in [-0.15, -0.1) is 0 Å². The lowest BCUT2D eigenvalue weighted by Gasteiger charge is -2.29. The summed E-state index contributed by atoms with van der Waals surface area (Å²) in [5, 5.41) is 2.79. The second-order valence-electron chi connectivity index (χ2n) is 6.58. The third-order valence-electron chi connectivity index (χ3n) is 4.67. The zero-order valence-corrected chi connectivity index (χ0v) is 15.9. The monoisotopic (exact) mass is 391 g/mol. The number of halogens is 1. The highest BCUT2D eigenvalue weighted by molar-refractivity contribution is 7.91. The molecule has 6 nitrogen and oxygen atoms in total. The van der Waals surface area contributed by atoms with Gasteiger partial charge in [0.2, 0.25) is 0 Å². The van der Waals surface area contributed by atoms with Gasteiger partial charge < -0.3 is 10.2 Å². The standard InChI is InChI=1S/C19H22FN3O3S/c1-2-23(17-7-8-27(25,26)13-17)18-9-15(11-21-12-18)19(24)22-10-14-3-5-16(20)6-4-14/h3-6,9,11-12,17H,2,7-8,10,13H2,1H3,(H,22,24). The van der Waals surface area contributed by atoms with E-state index in [1.165, 1.54) is 18.3 Å². The minimum atomic E-state index is -3.00. The first kappa shape index (κ1) is 19.3. The topological polar surface area (TPSA) is 79.4 Å². The third-order valence-corrected chi connectivity index (χ3v) is 6.42. The Kier molecular flexibility index (Phi) is 5.74. The van der Waals surface area contributed by atoms with Crippen LogP contribution in [-0.2, 0) is 16.4 Å². The molecule has 0 radical (unpaired) electrons. The highest BCUT2D eigenvalue weighted by Gasteiger charge is 2.32. The van der Waals surface area contributed by atoms with E-state index < -0.39 is 9.84 Å². The number of nitrogens with one attached hydrogen (secondary N) is 1. The summed E-state index contributed by atoms with van der Waals surface area (Å²) in [5.74, 6) is -0.291. The Morgan fingerprint density at radius 2 is 2.04 bits per heavy atom. The molecule has 2 heterocycles. The van der Waals surface area contributed by atoms with Gasteiger partial charge in [-0.25, -0.2) is 12.8 Å². The maximum Gasteiger partial charge on any atom is 0.253 e. The molecule has 1 amide bonds.